The maximum Gasteiger partial charge on any atom is 0.328 e. The van der Waals surface area contributed by atoms with Crippen molar-refractivity contribution in [2.24, 2.45) is 0 Å². The lowest BCUT2D eigenvalue weighted by Gasteiger charge is -2.27. The summed E-state index contributed by atoms with van der Waals surface area (Å²) in [5.74, 6) is -0.643. The van der Waals surface area contributed by atoms with Crippen LogP contribution in [-0.2, 0) is 9.53 Å². The number of halogens is 1. The molecule has 0 spiro atoms. The van der Waals surface area contributed by atoms with Crippen molar-refractivity contribution in [3.8, 4) is 0 Å². The monoisotopic (exact) mass is 342 g/mol. The normalized spacial score (nSPS) is 15.8. The molecule has 3 amide bonds. The molecule has 1 unspecified atom stereocenters. The van der Waals surface area contributed by atoms with Gasteiger partial charge in [-0.05, 0) is 23.3 Å². The number of carbonyl (C=O) groups is 2. The Bertz CT molecular complexity index is 749. The largest absolute Gasteiger partial charge is 0.383 e. The Morgan fingerprint density at radius 2 is 1.68 bits per heavy atom. The number of urea groups is 1. The lowest BCUT2D eigenvalue weighted by Crippen LogP contribution is -2.37. The summed E-state index contributed by atoms with van der Waals surface area (Å²) in [6, 6.07) is 14.2. The fourth-order valence-corrected chi connectivity index (χ4v) is 2.97. The molecule has 1 saturated heterocycles. The van der Waals surface area contributed by atoms with Crippen molar-refractivity contribution >= 4 is 11.9 Å². The first-order valence-corrected chi connectivity index (χ1v) is 8.02. The van der Waals surface area contributed by atoms with Crippen molar-refractivity contribution in [2.75, 3.05) is 26.8 Å². The summed E-state index contributed by atoms with van der Waals surface area (Å²) >= 11 is 0. The summed E-state index contributed by atoms with van der Waals surface area (Å²) in [5.41, 5.74) is 1.48. The Morgan fingerprint density at radius 3 is 2.32 bits per heavy atom. The van der Waals surface area contributed by atoms with E-state index in [-0.39, 0.29) is 24.3 Å². The standard InChI is InChI=1S/C19H19FN2O3/c1-25-12-11-21-13-17(23)22(19(21)24)18(14-5-3-2-4-6-14)15-7-9-16(20)10-8-15/h2-10,18H,11-13H2,1H3. The van der Waals surface area contributed by atoms with Crippen molar-refractivity contribution < 1.29 is 18.7 Å². The number of carbonyl (C=O) groups excluding carboxylic acids is 2. The smallest absolute Gasteiger partial charge is 0.328 e. The second kappa shape index (κ2) is 7.44. The van der Waals surface area contributed by atoms with Crippen molar-refractivity contribution in [3.63, 3.8) is 0 Å². The van der Waals surface area contributed by atoms with Crippen LogP contribution in [-0.4, -0.2) is 48.5 Å². The van der Waals surface area contributed by atoms with Crippen LogP contribution in [0.4, 0.5) is 9.18 Å². The van der Waals surface area contributed by atoms with Gasteiger partial charge in [0, 0.05) is 13.7 Å². The quantitative estimate of drug-likeness (QED) is 0.759. The van der Waals surface area contributed by atoms with E-state index in [0.29, 0.717) is 18.7 Å². The molecule has 1 fully saturated rings. The van der Waals surface area contributed by atoms with Crippen LogP contribution >= 0.6 is 0 Å². The summed E-state index contributed by atoms with van der Waals surface area (Å²) in [7, 11) is 1.55. The minimum absolute atomic E-state index is 0.0206. The van der Waals surface area contributed by atoms with Crippen LogP contribution in [0.2, 0.25) is 0 Å². The summed E-state index contributed by atoms with van der Waals surface area (Å²) < 4.78 is 18.3. The minimum Gasteiger partial charge on any atom is -0.383 e. The zero-order valence-corrected chi connectivity index (χ0v) is 13.9. The summed E-state index contributed by atoms with van der Waals surface area (Å²) in [5, 5.41) is 0. The van der Waals surface area contributed by atoms with E-state index in [0.717, 1.165) is 5.56 Å². The Hall–Kier alpha value is -2.73. The Morgan fingerprint density at radius 1 is 1.04 bits per heavy atom. The highest BCUT2D eigenvalue weighted by molar-refractivity contribution is 6.02. The molecule has 5 nitrogen and oxygen atoms in total. The molecule has 130 valence electrons. The van der Waals surface area contributed by atoms with Gasteiger partial charge in [0.2, 0.25) is 0 Å². The maximum atomic E-state index is 13.3. The molecule has 2 aromatic rings. The van der Waals surface area contributed by atoms with E-state index in [1.807, 2.05) is 30.3 Å². The van der Waals surface area contributed by atoms with Gasteiger partial charge in [0.25, 0.3) is 5.91 Å². The van der Waals surface area contributed by atoms with Gasteiger partial charge in [-0.2, -0.15) is 0 Å². The van der Waals surface area contributed by atoms with Gasteiger partial charge in [0.15, 0.2) is 0 Å². The third kappa shape index (κ3) is 3.53. The first-order valence-electron chi connectivity index (χ1n) is 8.02. The van der Waals surface area contributed by atoms with Crippen LogP contribution in [0.1, 0.15) is 17.2 Å². The highest BCUT2D eigenvalue weighted by atomic mass is 19.1. The fraction of sp³-hybridized carbons (Fsp3) is 0.263. The van der Waals surface area contributed by atoms with Crippen molar-refractivity contribution in [1.82, 2.24) is 9.80 Å². The SMILES string of the molecule is COCCN1CC(=O)N(C(c2ccccc2)c2ccc(F)cc2)C1=O. The predicted molar refractivity (Wildman–Crippen MR) is 90.4 cm³/mol. The molecule has 2 aromatic carbocycles. The van der Waals surface area contributed by atoms with Gasteiger partial charge in [-0.3, -0.25) is 9.69 Å². The van der Waals surface area contributed by atoms with E-state index in [1.54, 1.807) is 19.2 Å². The Balaban J connectivity index is 1.98. The van der Waals surface area contributed by atoms with E-state index in [9.17, 15) is 14.0 Å². The van der Waals surface area contributed by atoms with Gasteiger partial charge in [0.05, 0.1) is 12.6 Å². The zero-order valence-electron chi connectivity index (χ0n) is 13.9. The molecule has 6 heteroatoms. The zero-order chi connectivity index (χ0) is 17.8. The molecule has 25 heavy (non-hydrogen) atoms. The number of rotatable bonds is 6. The lowest BCUT2D eigenvalue weighted by atomic mass is 9.97. The molecule has 1 aliphatic heterocycles. The molecule has 0 aliphatic carbocycles. The first kappa shape index (κ1) is 17.1. The lowest BCUT2D eigenvalue weighted by molar-refractivity contribution is -0.126. The molecule has 1 atom stereocenters. The Kier molecular flexibility index (Phi) is 5.09. The van der Waals surface area contributed by atoms with Crippen molar-refractivity contribution in [2.45, 2.75) is 6.04 Å². The molecule has 0 radical (unpaired) electrons. The number of hydrogen-bond donors (Lipinski definition) is 0. The van der Waals surface area contributed by atoms with E-state index < -0.39 is 6.04 Å². The second-order valence-corrected chi connectivity index (χ2v) is 5.83. The summed E-state index contributed by atoms with van der Waals surface area (Å²) in [4.78, 5) is 28.1. The maximum absolute atomic E-state index is 13.3. The molecule has 0 aromatic heterocycles. The molecular weight excluding hydrogens is 323 g/mol. The average molecular weight is 342 g/mol. The number of ether oxygens (including phenoxy) is 1. The number of amides is 3. The van der Waals surface area contributed by atoms with Crippen LogP contribution < -0.4 is 0 Å². The molecule has 1 aliphatic rings. The molecule has 0 saturated carbocycles. The number of methoxy groups -OCH3 is 1. The van der Waals surface area contributed by atoms with Crippen LogP contribution in [0.15, 0.2) is 54.6 Å². The van der Waals surface area contributed by atoms with Crippen LogP contribution in [0.5, 0.6) is 0 Å². The van der Waals surface area contributed by atoms with Crippen LogP contribution in [0.3, 0.4) is 0 Å². The topological polar surface area (TPSA) is 49.9 Å². The number of imide groups is 1. The van der Waals surface area contributed by atoms with Crippen molar-refractivity contribution in [1.29, 1.82) is 0 Å². The molecule has 0 bridgehead atoms. The molecule has 1 heterocycles. The van der Waals surface area contributed by atoms with E-state index in [4.69, 9.17) is 4.74 Å². The minimum atomic E-state index is -0.589. The predicted octanol–water partition coefficient (Wildman–Crippen LogP) is 2.83. The number of hydrogen-bond acceptors (Lipinski definition) is 3. The van der Waals surface area contributed by atoms with Crippen molar-refractivity contribution in [3.05, 3.63) is 71.5 Å². The summed E-state index contributed by atoms with van der Waals surface area (Å²) in [6.45, 7) is 0.731. The van der Waals surface area contributed by atoms with Gasteiger partial charge in [-0.25, -0.2) is 9.18 Å². The second-order valence-electron chi connectivity index (χ2n) is 5.83. The molecule has 3 rings (SSSR count). The van der Waals surface area contributed by atoms with Crippen LogP contribution in [0, 0.1) is 5.82 Å². The van der Waals surface area contributed by atoms with Gasteiger partial charge in [-0.1, -0.05) is 42.5 Å². The average Bonchev–Trinajstić information content (AvgIpc) is 2.90. The van der Waals surface area contributed by atoms with E-state index in [2.05, 4.69) is 0 Å². The van der Waals surface area contributed by atoms with Gasteiger partial charge >= 0.3 is 6.03 Å². The summed E-state index contributed by atoms with van der Waals surface area (Å²) in [6.07, 6.45) is 0. The third-order valence-corrected chi connectivity index (χ3v) is 4.20. The number of nitrogens with zero attached hydrogens (tertiary/aromatic N) is 2. The third-order valence-electron chi connectivity index (χ3n) is 4.20. The van der Waals surface area contributed by atoms with Gasteiger partial charge in [-0.15, -0.1) is 0 Å². The van der Waals surface area contributed by atoms with Gasteiger partial charge in [0.1, 0.15) is 12.4 Å². The highest BCUT2D eigenvalue weighted by Crippen LogP contribution is 2.32. The van der Waals surface area contributed by atoms with E-state index in [1.165, 1.54) is 21.9 Å². The van der Waals surface area contributed by atoms with Gasteiger partial charge < -0.3 is 9.64 Å². The molecule has 0 N–H and O–H groups in total. The number of benzene rings is 2. The molecular formula is C19H19FN2O3. The van der Waals surface area contributed by atoms with Crippen LogP contribution in [0.25, 0.3) is 0 Å². The highest BCUT2D eigenvalue weighted by Gasteiger charge is 2.41. The fourth-order valence-electron chi connectivity index (χ4n) is 2.97. The first-order chi connectivity index (χ1) is 12.1. The van der Waals surface area contributed by atoms with E-state index >= 15 is 0 Å². The Labute approximate surface area is 145 Å².